The fraction of sp³-hybridized carbons (Fsp3) is 0.182. The quantitative estimate of drug-likeness (QED) is 0.746. The van der Waals surface area contributed by atoms with Crippen molar-refractivity contribution in [3.8, 4) is 21.5 Å². The summed E-state index contributed by atoms with van der Waals surface area (Å²) in [5, 5.41) is 7.88. The molecule has 3 rings (SSSR count). The number of H-pyrrole nitrogens is 1. The lowest BCUT2D eigenvalue weighted by Crippen LogP contribution is -1.96. The van der Waals surface area contributed by atoms with E-state index in [9.17, 15) is 0 Å². The summed E-state index contributed by atoms with van der Waals surface area (Å²) >= 11 is 6.70. The molecule has 0 unspecified atom stereocenters. The Kier molecular flexibility index (Phi) is 2.85. The van der Waals surface area contributed by atoms with Gasteiger partial charge in [0.25, 0.3) is 0 Å². The Bertz CT molecular complexity index is 708. The zero-order chi connectivity index (χ0) is 12.5. The molecule has 0 radical (unpaired) electrons. The van der Waals surface area contributed by atoms with Crippen LogP contribution in [0.1, 0.15) is 6.92 Å². The van der Waals surface area contributed by atoms with Gasteiger partial charge in [-0.05, 0) is 31.3 Å². The summed E-state index contributed by atoms with van der Waals surface area (Å²) < 4.78 is 7.89. The molecular formula is C11H10N4OS2. The number of hydrogen-bond acceptors (Lipinski definition) is 5. The predicted octanol–water partition coefficient (Wildman–Crippen LogP) is 3.34. The van der Waals surface area contributed by atoms with E-state index in [-0.39, 0.29) is 0 Å². The number of nitrogens with one attached hydrogen (secondary N) is 1. The minimum Gasteiger partial charge on any atom is -0.462 e. The lowest BCUT2D eigenvalue weighted by Gasteiger charge is -1.98. The fourth-order valence-electron chi connectivity index (χ4n) is 1.69. The second kappa shape index (κ2) is 4.51. The maximum atomic E-state index is 5.32. The molecule has 0 saturated heterocycles. The average molecular weight is 278 g/mol. The maximum absolute atomic E-state index is 5.32. The van der Waals surface area contributed by atoms with Crippen molar-refractivity contribution in [3.05, 3.63) is 29.4 Å². The third kappa shape index (κ3) is 1.81. The van der Waals surface area contributed by atoms with Gasteiger partial charge in [-0.1, -0.05) is 0 Å². The topological polar surface area (TPSA) is 59.6 Å². The number of aromatic amines is 1. The Morgan fingerprint density at radius 1 is 1.56 bits per heavy atom. The van der Waals surface area contributed by atoms with Crippen molar-refractivity contribution >= 4 is 23.6 Å². The Labute approximate surface area is 112 Å². The fourth-order valence-corrected chi connectivity index (χ4v) is 2.84. The number of furan rings is 1. The highest BCUT2D eigenvalue weighted by atomic mass is 32.1. The Morgan fingerprint density at radius 2 is 2.44 bits per heavy atom. The van der Waals surface area contributed by atoms with Gasteiger partial charge in [-0.2, -0.15) is 5.10 Å². The molecule has 0 amide bonds. The number of thiazole rings is 1. The minimum atomic E-state index is 0.625. The van der Waals surface area contributed by atoms with Gasteiger partial charge >= 0.3 is 0 Å². The zero-order valence-electron chi connectivity index (χ0n) is 9.58. The predicted molar refractivity (Wildman–Crippen MR) is 71.9 cm³/mol. The van der Waals surface area contributed by atoms with Crippen molar-refractivity contribution in [1.82, 2.24) is 19.7 Å². The summed E-state index contributed by atoms with van der Waals surface area (Å²) in [4.78, 5) is 5.31. The van der Waals surface area contributed by atoms with Crippen LogP contribution in [-0.2, 0) is 6.54 Å². The van der Waals surface area contributed by atoms with E-state index in [1.165, 1.54) is 11.3 Å². The van der Waals surface area contributed by atoms with E-state index in [0.29, 0.717) is 4.77 Å². The van der Waals surface area contributed by atoms with Crippen LogP contribution in [0.25, 0.3) is 21.5 Å². The average Bonchev–Trinajstić information content (AvgIpc) is 3.08. The van der Waals surface area contributed by atoms with Crippen molar-refractivity contribution in [2.24, 2.45) is 0 Å². The highest BCUT2D eigenvalue weighted by Crippen LogP contribution is 2.31. The third-order valence-electron chi connectivity index (χ3n) is 2.53. The van der Waals surface area contributed by atoms with Crippen molar-refractivity contribution < 1.29 is 4.42 Å². The highest BCUT2D eigenvalue weighted by Gasteiger charge is 2.13. The monoisotopic (exact) mass is 278 g/mol. The molecule has 18 heavy (non-hydrogen) atoms. The van der Waals surface area contributed by atoms with Crippen molar-refractivity contribution in [2.45, 2.75) is 13.5 Å². The maximum Gasteiger partial charge on any atom is 0.195 e. The number of hydrogen-bond donors (Lipinski definition) is 1. The van der Waals surface area contributed by atoms with Crippen LogP contribution in [0.4, 0.5) is 0 Å². The molecule has 3 aromatic rings. The van der Waals surface area contributed by atoms with Gasteiger partial charge in [0.2, 0.25) is 0 Å². The van der Waals surface area contributed by atoms with Crippen molar-refractivity contribution in [2.75, 3.05) is 0 Å². The molecule has 0 fully saturated rings. The largest absolute Gasteiger partial charge is 0.462 e. The molecule has 0 spiro atoms. The van der Waals surface area contributed by atoms with Crippen LogP contribution >= 0.6 is 23.6 Å². The number of rotatable bonds is 3. The summed E-state index contributed by atoms with van der Waals surface area (Å²) in [6, 6.07) is 3.73. The van der Waals surface area contributed by atoms with Crippen LogP contribution in [0.3, 0.4) is 0 Å². The van der Waals surface area contributed by atoms with Gasteiger partial charge in [-0.25, -0.2) is 4.98 Å². The molecule has 0 aliphatic heterocycles. The molecule has 0 aliphatic rings. The molecule has 3 heterocycles. The summed E-state index contributed by atoms with van der Waals surface area (Å²) in [6.07, 6.45) is 3.43. The first-order valence-corrected chi connectivity index (χ1v) is 6.67. The lowest BCUT2D eigenvalue weighted by atomic mass is 10.5. The Hall–Kier alpha value is -1.73. The van der Waals surface area contributed by atoms with Crippen molar-refractivity contribution in [3.63, 3.8) is 0 Å². The first-order valence-electron chi connectivity index (χ1n) is 5.45. The Balaban J connectivity index is 2.05. The second-order valence-electron chi connectivity index (χ2n) is 3.60. The first-order chi connectivity index (χ1) is 8.79. The van der Waals surface area contributed by atoms with Crippen molar-refractivity contribution in [1.29, 1.82) is 0 Å². The normalized spacial score (nSPS) is 10.9. The lowest BCUT2D eigenvalue weighted by molar-refractivity contribution is 0.582. The van der Waals surface area contributed by atoms with Gasteiger partial charge in [0, 0.05) is 12.7 Å². The molecule has 7 heteroatoms. The molecule has 5 nitrogen and oxygen atoms in total. The van der Waals surface area contributed by atoms with E-state index in [1.54, 1.807) is 12.5 Å². The number of aromatic nitrogens is 4. The third-order valence-corrected chi connectivity index (χ3v) is 3.85. The van der Waals surface area contributed by atoms with Gasteiger partial charge in [0.05, 0.1) is 11.1 Å². The van der Waals surface area contributed by atoms with E-state index in [4.69, 9.17) is 16.6 Å². The van der Waals surface area contributed by atoms with Crippen LogP contribution in [0, 0.1) is 4.77 Å². The van der Waals surface area contributed by atoms with Gasteiger partial charge < -0.3 is 4.42 Å². The smallest absolute Gasteiger partial charge is 0.195 e. The first kappa shape index (κ1) is 11.4. The molecule has 0 atom stereocenters. The van der Waals surface area contributed by atoms with Crippen LogP contribution < -0.4 is 0 Å². The number of nitrogens with zero attached hydrogens (tertiary/aromatic N) is 3. The highest BCUT2D eigenvalue weighted by molar-refractivity contribution is 7.71. The molecule has 0 bridgehead atoms. The summed E-state index contributed by atoms with van der Waals surface area (Å²) in [5.74, 6) is 1.58. The molecule has 0 aromatic carbocycles. The summed E-state index contributed by atoms with van der Waals surface area (Å²) in [6.45, 7) is 2.81. The van der Waals surface area contributed by atoms with Gasteiger partial charge in [0.15, 0.2) is 21.4 Å². The standard InChI is InChI=1S/C11H10N4OS2/c1-2-15-9(13-14-11(15)17)8-6-12-10(18-8)7-4-3-5-16-7/h3-6H,2H2,1H3,(H,14,17). The van der Waals surface area contributed by atoms with E-state index in [2.05, 4.69) is 15.2 Å². The Morgan fingerprint density at radius 3 is 3.17 bits per heavy atom. The van der Waals surface area contributed by atoms with E-state index < -0.39 is 0 Å². The second-order valence-corrected chi connectivity index (χ2v) is 5.02. The van der Waals surface area contributed by atoms with Gasteiger partial charge in [0.1, 0.15) is 0 Å². The zero-order valence-corrected chi connectivity index (χ0v) is 11.2. The van der Waals surface area contributed by atoms with E-state index in [1.807, 2.05) is 23.6 Å². The molecular weight excluding hydrogens is 268 g/mol. The molecule has 0 aliphatic carbocycles. The molecule has 3 aromatic heterocycles. The van der Waals surface area contributed by atoms with Crippen LogP contribution in [-0.4, -0.2) is 19.7 Å². The van der Waals surface area contributed by atoms with Crippen LogP contribution in [0.15, 0.2) is 29.0 Å². The van der Waals surface area contributed by atoms with Crippen LogP contribution in [0.5, 0.6) is 0 Å². The molecule has 0 saturated carbocycles. The van der Waals surface area contributed by atoms with Gasteiger partial charge in [-0.3, -0.25) is 9.67 Å². The molecule has 92 valence electrons. The van der Waals surface area contributed by atoms with Gasteiger partial charge in [-0.15, -0.1) is 11.3 Å². The van der Waals surface area contributed by atoms with E-state index >= 15 is 0 Å². The minimum absolute atomic E-state index is 0.625. The molecule has 1 N–H and O–H groups in total. The SMILES string of the molecule is CCn1c(-c2cnc(-c3ccco3)s2)n[nH]c1=S. The van der Waals surface area contributed by atoms with Crippen LogP contribution in [0.2, 0.25) is 0 Å². The van der Waals surface area contributed by atoms with E-state index in [0.717, 1.165) is 28.0 Å². The summed E-state index contributed by atoms with van der Waals surface area (Å²) in [7, 11) is 0. The summed E-state index contributed by atoms with van der Waals surface area (Å²) in [5.41, 5.74) is 0.